The molecule has 1 amide bonds. The van der Waals surface area contributed by atoms with Gasteiger partial charge in [-0.2, -0.15) is 0 Å². The number of pyridine rings is 1. The van der Waals surface area contributed by atoms with Gasteiger partial charge in [0.05, 0.1) is 13.2 Å². The second-order valence-corrected chi connectivity index (χ2v) is 6.25. The molecule has 0 aliphatic carbocycles. The van der Waals surface area contributed by atoms with Gasteiger partial charge in [0.1, 0.15) is 5.56 Å². The Bertz CT molecular complexity index is 1010. The van der Waals surface area contributed by atoms with Crippen LogP contribution in [0, 0.1) is 0 Å². The van der Waals surface area contributed by atoms with Crippen LogP contribution >= 0.6 is 0 Å². The van der Waals surface area contributed by atoms with E-state index in [0.717, 1.165) is 19.3 Å². The molecular formula is C18H19N5O3. The van der Waals surface area contributed by atoms with Gasteiger partial charge in [-0.3, -0.25) is 14.0 Å². The minimum Gasteiger partial charge on any atom is -0.480 e. The highest BCUT2D eigenvalue weighted by molar-refractivity contribution is 5.96. The van der Waals surface area contributed by atoms with E-state index in [1.165, 1.54) is 11.5 Å². The van der Waals surface area contributed by atoms with Crippen molar-refractivity contribution in [3.8, 4) is 5.88 Å². The predicted molar refractivity (Wildman–Crippen MR) is 94.2 cm³/mol. The molecule has 4 heterocycles. The summed E-state index contributed by atoms with van der Waals surface area (Å²) >= 11 is 0. The lowest BCUT2D eigenvalue weighted by atomic mass is 9.98. The number of rotatable bonds is 3. The van der Waals surface area contributed by atoms with Crippen molar-refractivity contribution in [1.82, 2.24) is 24.3 Å². The average Bonchev–Trinajstić information content (AvgIpc) is 3.16. The third kappa shape index (κ3) is 2.73. The number of carbonyl (C=O) groups is 1. The summed E-state index contributed by atoms with van der Waals surface area (Å²) in [6.45, 7) is 0.614. The minimum absolute atomic E-state index is 0.149. The number of imidazole rings is 1. The number of aromatic amines is 1. The summed E-state index contributed by atoms with van der Waals surface area (Å²) in [4.78, 5) is 38.7. The first kappa shape index (κ1) is 16.3. The normalized spacial score (nSPS) is 17.4. The average molecular weight is 353 g/mol. The van der Waals surface area contributed by atoms with Gasteiger partial charge in [-0.15, -0.1) is 0 Å². The number of fused-ring (bicyclic) bond motifs is 1. The second-order valence-electron chi connectivity index (χ2n) is 6.25. The Balaban J connectivity index is 1.74. The van der Waals surface area contributed by atoms with Gasteiger partial charge in [0.25, 0.3) is 11.5 Å². The highest BCUT2D eigenvalue weighted by Crippen LogP contribution is 2.32. The van der Waals surface area contributed by atoms with Gasteiger partial charge >= 0.3 is 0 Å². The smallest absolute Gasteiger partial charge is 0.259 e. The Kier molecular flexibility index (Phi) is 4.16. The molecule has 1 aliphatic rings. The molecule has 0 saturated carbocycles. The fourth-order valence-corrected chi connectivity index (χ4v) is 3.49. The molecule has 26 heavy (non-hydrogen) atoms. The van der Waals surface area contributed by atoms with Crippen LogP contribution in [0.3, 0.4) is 0 Å². The van der Waals surface area contributed by atoms with Gasteiger partial charge in [0.2, 0.25) is 11.7 Å². The van der Waals surface area contributed by atoms with Gasteiger partial charge in [-0.05, 0) is 31.4 Å². The SMILES string of the molecule is COc1ncccc1C(=O)N1CCCCC1c1cc(=O)n2ccnc2[nH]1. The number of aromatic nitrogens is 4. The van der Waals surface area contributed by atoms with E-state index in [4.69, 9.17) is 4.74 Å². The van der Waals surface area contributed by atoms with Gasteiger partial charge in [0.15, 0.2) is 0 Å². The fraction of sp³-hybridized carbons (Fsp3) is 0.333. The van der Waals surface area contributed by atoms with Crippen LogP contribution in [-0.2, 0) is 0 Å². The predicted octanol–water partition coefficient (Wildman–Crippen LogP) is 1.79. The number of methoxy groups -OCH3 is 1. The number of carbonyl (C=O) groups excluding carboxylic acids is 1. The van der Waals surface area contributed by atoms with Crippen LogP contribution in [0.4, 0.5) is 0 Å². The Labute approximate surface area is 149 Å². The molecule has 0 spiro atoms. The molecule has 0 aromatic carbocycles. The topological polar surface area (TPSA) is 92.6 Å². The van der Waals surface area contributed by atoms with Gasteiger partial charge in [-0.25, -0.2) is 9.97 Å². The van der Waals surface area contributed by atoms with E-state index in [9.17, 15) is 9.59 Å². The lowest BCUT2D eigenvalue weighted by Crippen LogP contribution is -2.39. The highest BCUT2D eigenvalue weighted by atomic mass is 16.5. The first-order chi connectivity index (χ1) is 12.7. The van der Waals surface area contributed by atoms with E-state index in [-0.39, 0.29) is 17.5 Å². The van der Waals surface area contributed by atoms with Crippen LogP contribution in [-0.4, -0.2) is 43.8 Å². The quantitative estimate of drug-likeness (QED) is 0.775. The number of ether oxygens (including phenoxy) is 1. The van der Waals surface area contributed by atoms with E-state index in [1.807, 2.05) is 0 Å². The van der Waals surface area contributed by atoms with E-state index >= 15 is 0 Å². The van der Waals surface area contributed by atoms with E-state index < -0.39 is 0 Å². The van der Waals surface area contributed by atoms with Crippen molar-refractivity contribution < 1.29 is 9.53 Å². The number of piperidine rings is 1. The van der Waals surface area contributed by atoms with E-state index in [2.05, 4.69) is 15.0 Å². The molecule has 1 fully saturated rings. The zero-order valence-corrected chi connectivity index (χ0v) is 14.4. The van der Waals surface area contributed by atoms with Crippen molar-refractivity contribution in [1.29, 1.82) is 0 Å². The maximum absolute atomic E-state index is 13.2. The molecule has 4 rings (SSSR count). The Morgan fingerprint density at radius 3 is 3.04 bits per heavy atom. The van der Waals surface area contributed by atoms with Crippen molar-refractivity contribution in [2.45, 2.75) is 25.3 Å². The molecule has 1 atom stereocenters. The zero-order chi connectivity index (χ0) is 18.1. The lowest BCUT2D eigenvalue weighted by Gasteiger charge is -2.35. The van der Waals surface area contributed by atoms with Crippen molar-refractivity contribution in [3.63, 3.8) is 0 Å². The fourth-order valence-electron chi connectivity index (χ4n) is 3.49. The summed E-state index contributed by atoms with van der Waals surface area (Å²) in [5.41, 5.74) is 0.957. The molecule has 0 bridgehead atoms. The molecular weight excluding hydrogens is 334 g/mol. The van der Waals surface area contributed by atoms with E-state index in [1.54, 1.807) is 41.7 Å². The van der Waals surface area contributed by atoms with Gasteiger partial charge < -0.3 is 14.6 Å². The summed E-state index contributed by atoms with van der Waals surface area (Å²) in [5.74, 6) is 0.632. The van der Waals surface area contributed by atoms with Gasteiger partial charge in [-0.1, -0.05) is 0 Å². The Hall–Kier alpha value is -3.16. The van der Waals surface area contributed by atoms with Crippen LogP contribution < -0.4 is 10.3 Å². The number of nitrogens with zero attached hydrogens (tertiary/aromatic N) is 4. The second kappa shape index (κ2) is 6.62. The molecule has 3 aromatic heterocycles. The van der Waals surface area contributed by atoms with Crippen LogP contribution in [0.2, 0.25) is 0 Å². The van der Waals surface area contributed by atoms with Crippen molar-refractivity contribution in [2.75, 3.05) is 13.7 Å². The standard InChI is InChI=1S/C18H19N5O3/c1-26-16-12(5-4-7-19-16)17(25)22-9-3-2-6-14(22)13-11-15(24)23-10-8-20-18(23)21-13/h4-5,7-8,10-11,14H,2-3,6,9H2,1H3,(H,20,21). The molecule has 1 unspecified atom stereocenters. The summed E-state index contributed by atoms with van der Waals surface area (Å²) < 4.78 is 6.68. The maximum atomic E-state index is 13.2. The maximum Gasteiger partial charge on any atom is 0.259 e. The zero-order valence-electron chi connectivity index (χ0n) is 14.4. The summed E-state index contributed by atoms with van der Waals surface area (Å²) in [7, 11) is 1.50. The third-order valence-corrected chi connectivity index (χ3v) is 4.73. The van der Waals surface area contributed by atoms with Crippen molar-refractivity contribution in [2.24, 2.45) is 0 Å². The van der Waals surface area contributed by atoms with Crippen LogP contribution in [0.25, 0.3) is 5.78 Å². The molecule has 8 nitrogen and oxygen atoms in total. The molecule has 0 radical (unpaired) electrons. The summed E-state index contributed by atoms with van der Waals surface area (Å²) in [6.07, 6.45) is 7.46. The van der Waals surface area contributed by atoms with Crippen LogP contribution in [0.1, 0.15) is 41.4 Å². The molecule has 134 valence electrons. The molecule has 1 N–H and O–H groups in total. The first-order valence-electron chi connectivity index (χ1n) is 8.55. The van der Waals surface area contributed by atoms with Crippen LogP contribution in [0.15, 0.2) is 41.6 Å². The van der Waals surface area contributed by atoms with Crippen molar-refractivity contribution >= 4 is 11.7 Å². The van der Waals surface area contributed by atoms with Crippen molar-refractivity contribution in [3.05, 3.63) is 58.4 Å². The summed E-state index contributed by atoms with van der Waals surface area (Å²) in [5, 5.41) is 0. The molecule has 8 heteroatoms. The first-order valence-corrected chi connectivity index (χ1v) is 8.55. The highest BCUT2D eigenvalue weighted by Gasteiger charge is 2.31. The lowest BCUT2D eigenvalue weighted by molar-refractivity contribution is 0.0601. The summed E-state index contributed by atoms with van der Waals surface area (Å²) in [6, 6.07) is 4.76. The number of likely N-dealkylation sites (tertiary alicyclic amines) is 1. The number of hydrogen-bond donors (Lipinski definition) is 1. The molecule has 1 saturated heterocycles. The van der Waals surface area contributed by atoms with Gasteiger partial charge in [0, 0.05) is 36.9 Å². The Morgan fingerprint density at radius 2 is 2.19 bits per heavy atom. The monoisotopic (exact) mass is 353 g/mol. The number of amides is 1. The molecule has 3 aromatic rings. The van der Waals surface area contributed by atoms with E-state index in [0.29, 0.717) is 29.5 Å². The number of hydrogen-bond acceptors (Lipinski definition) is 5. The number of nitrogens with one attached hydrogen (secondary N) is 1. The largest absolute Gasteiger partial charge is 0.480 e. The van der Waals surface area contributed by atoms with Crippen LogP contribution in [0.5, 0.6) is 5.88 Å². The Morgan fingerprint density at radius 1 is 1.31 bits per heavy atom. The third-order valence-electron chi connectivity index (χ3n) is 4.73. The minimum atomic E-state index is -0.212. The molecule has 1 aliphatic heterocycles. The number of H-pyrrole nitrogens is 1.